The second kappa shape index (κ2) is 8.67. The van der Waals surface area contributed by atoms with Crippen LogP contribution in [-0.2, 0) is 4.79 Å². The minimum atomic E-state index is -0.719. The highest BCUT2D eigenvalue weighted by molar-refractivity contribution is 6.32. The van der Waals surface area contributed by atoms with E-state index in [2.05, 4.69) is 0 Å². The lowest BCUT2D eigenvalue weighted by Gasteiger charge is -2.13. The van der Waals surface area contributed by atoms with E-state index in [1.54, 1.807) is 26.0 Å². The van der Waals surface area contributed by atoms with Gasteiger partial charge in [0.15, 0.2) is 18.1 Å². The smallest absolute Gasteiger partial charge is 0.349 e. The molecule has 0 fully saturated rings. The molecule has 2 aromatic carbocycles. The van der Waals surface area contributed by atoms with E-state index in [1.165, 1.54) is 24.3 Å². The number of hydrogen-bond acceptors (Lipinski definition) is 7. The van der Waals surface area contributed by atoms with E-state index in [4.69, 9.17) is 35.5 Å². The maximum atomic E-state index is 12.2. The van der Waals surface area contributed by atoms with Gasteiger partial charge in [0.1, 0.15) is 11.3 Å². The molecule has 29 heavy (non-hydrogen) atoms. The molecular weight excluding hydrogens is 398 g/mol. The Morgan fingerprint density at radius 1 is 1.21 bits per heavy atom. The Morgan fingerprint density at radius 3 is 2.72 bits per heavy atom. The summed E-state index contributed by atoms with van der Waals surface area (Å²) in [6.45, 7) is 3.44. The van der Waals surface area contributed by atoms with E-state index >= 15 is 0 Å². The highest BCUT2D eigenvalue weighted by Gasteiger charge is 2.17. The van der Waals surface area contributed by atoms with Crippen LogP contribution in [0.2, 0.25) is 5.02 Å². The van der Waals surface area contributed by atoms with Crippen LogP contribution in [0.3, 0.4) is 0 Å². The third kappa shape index (κ3) is 4.68. The van der Waals surface area contributed by atoms with Crippen LogP contribution in [0.5, 0.6) is 17.2 Å². The average Bonchev–Trinajstić information content (AvgIpc) is 2.68. The highest BCUT2D eigenvalue weighted by Crippen LogP contribution is 2.36. The number of nitrogens with zero attached hydrogens (tertiary/aromatic N) is 1. The Labute approximate surface area is 171 Å². The summed E-state index contributed by atoms with van der Waals surface area (Å²) in [5.41, 5.74) is 0.948. The fourth-order valence-corrected chi connectivity index (χ4v) is 2.92. The van der Waals surface area contributed by atoms with Gasteiger partial charge in [-0.1, -0.05) is 11.6 Å². The molecule has 148 valence electrons. The zero-order valence-electron chi connectivity index (χ0n) is 15.7. The van der Waals surface area contributed by atoms with Gasteiger partial charge in [-0.2, -0.15) is 5.26 Å². The van der Waals surface area contributed by atoms with E-state index in [0.717, 1.165) is 10.9 Å². The number of fused-ring (bicyclic) bond motifs is 1. The molecule has 8 heteroatoms. The van der Waals surface area contributed by atoms with Crippen LogP contribution in [0.1, 0.15) is 18.1 Å². The third-order valence-corrected chi connectivity index (χ3v) is 4.21. The fraction of sp³-hybridized carbons (Fsp3) is 0.190. The van der Waals surface area contributed by atoms with Crippen molar-refractivity contribution in [3.05, 3.63) is 63.0 Å². The van der Waals surface area contributed by atoms with E-state index in [-0.39, 0.29) is 22.1 Å². The molecule has 1 heterocycles. The monoisotopic (exact) mass is 413 g/mol. The van der Waals surface area contributed by atoms with Crippen molar-refractivity contribution in [3.8, 4) is 23.3 Å². The van der Waals surface area contributed by atoms with Crippen LogP contribution < -0.4 is 19.8 Å². The van der Waals surface area contributed by atoms with Crippen LogP contribution in [0.25, 0.3) is 11.0 Å². The summed E-state index contributed by atoms with van der Waals surface area (Å²) in [4.78, 5) is 23.7. The van der Waals surface area contributed by atoms with Gasteiger partial charge in [-0.15, -0.1) is 0 Å². The second-order valence-corrected chi connectivity index (χ2v) is 6.41. The Morgan fingerprint density at radius 2 is 2.00 bits per heavy atom. The maximum Gasteiger partial charge on any atom is 0.349 e. The first-order valence-electron chi connectivity index (χ1n) is 8.65. The van der Waals surface area contributed by atoms with Crippen molar-refractivity contribution in [2.24, 2.45) is 0 Å². The summed E-state index contributed by atoms with van der Waals surface area (Å²) in [6.07, 6.45) is 0. The molecule has 0 aliphatic carbocycles. The van der Waals surface area contributed by atoms with Crippen LogP contribution in [0, 0.1) is 18.3 Å². The lowest BCUT2D eigenvalue weighted by atomic mass is 10.1. The van der Waals surface area contributed by atoms with Crippen molar-refractivity contribution in [2.45, 2.75) is 13.8 Å². The summed E-state index contributed by atoms with van der Waals surface area (Å²) in [5.74, 6) is -0.184. The number of nitriles is 1. The standard InChI is InChI=1S/C21H16ClNO6/c1-3-26-18-8-13(10-23)7-16(22)21(18)29-20(25)11-27-14-4-5-15-12(2)6-19(24)28-17(15)9-14/h4-9H,3,11H2,1-2H3. The molecule has 0 amide bonds. The summed E-state index contributed by atoms with van der Waals surface area (Å²) in [7, 11) is 0. The SMILES string of the molecule is CCOc1cc(C#N)cc(Cl)c1OC(=O)COc1ccc2c(C)cc(=O)oc2c1. The zero-order valence-corrected chi connectivity index (χ0v) is 16.4. The van der Waals surface area contributed by atoms with E-state index in [1.807, 2.05) is 6.07 Å². The molecular formula is C21H16ClNO6. The van der Waals surface area contributed by atoms with Gasteiger partial charge in [-0.05, 0) is 37.6 Å². The van der Waals surface area contributed by atoms with Crippen molar-refractivity contribution in [2.75, 3.05) is 13.2 Å². The molecule has 0 unspecified atom stereocenters. The lowest BCUT2D eigenvalue weighted by Crippen LogP contribution is -2.18. The van der Waals surface area contributed by atoms with Gasteiger partial charge in [0.2, 0.25) is 0 Å². The first kappa shape index (κ1) is 20.2. The molecule has 0 atom stereocenters. The van der Waals surface area contributed by atoms with Crippen molar-refractivity contribution in [3.63, 3.8) is 0 Å². The van der Waals surface area contributed by atoms with E-state index in [0.29, 0.717) is 17.9 Å². The molecule has 3 rings (SSSR count). The Bertz CT molecular complexity index is 1180. The molecule has 0 radical (unpaired) electrons. The van der Waals surface area contributed by atoms with E-state index < -0.39 is 18.2 Å². The third-order valence-electron chi connectivity index (χ3n) is 3.93. The van der Waals surface area contributed by atoms with Gasteiger partial charge < -0.3 is 18.6 Å². The normalized spacial score (nSPS) is 10.4. The Balaban J connectivity index is 1.74. The molecule has 0 saturated heterocycles. The number of carbonyl (C=O) groups is 1. The number of aryl methyl sites for hydroxylation is 1. The fourth-order valence-electron chi connectivity index (χ4n) is 2.68. The van der Waals surface area contributed by atoms with Gasteiger partial charge in [0.25, 0.3) is 0 Å². The molecule has 0 saturated carbocycles. The van der Waals surface area contributed by atoms with Gasteiger partial charge in [-0.25, -0.2) is 9.59 Å². The number of carbonyl (C=O) groups excluding carboxylic acids is 1. The number of halogens is 1. The molecule has 0 bridgehead atoms. The number of rotatable bonds is 6. The number of esters is 1. The minimum absolute atomic E-state index is 0.0150. The molecule has 7 nitrogen and oxygen atoms in total. The average molecular weight is 414 g/mol. The maximum absolute atomic E-state index is 12.2. The Hall–Kier alpha value is -3.50. The minimum Gasteiger partial charge on any atom is -0.490 e. The highest BCUT2D eigenvalue weighted by atomic mass is 35.5. The summed E-state index contributed by atoms with van der Waals surface area (Å²) < 4.78 is 21.3. The zero-order chi connectivity index (χ0) is 21.0. The van der Waals surface area contributed by atoms with Crippen molar-refractivity contribution >= 4 is 28.5 Å². The van der Waals surface area contributed by atoms with Gasteiger partial charge in [0, 0.05) is 23.6 Å². The van der Waals surface area contributed by atoms with Crippen molar-refractivity contribution in [1.82, 2.24) is 0 Å². The predicted molar refractivity (Wildman–Crippen MR) is 106 cm³/mol. The molecule has 3 aromatic rings. The second-order valence-electron chi connectivity index (χ2n) is 6.00. The van der Waals surface area contributed by atoms with E-state index in [9.17, 15) is 9.59 Å². The topological polar surface area (TPSA) is 98.8 Å². The predicted octanol–water partition coefficient (Wildman–Crippen LogP) is 4.01. The number of hydrogen-bond donors (Lipinski definition) is 0. The lowest BCUT2D eigenvalue weighted by molar-refractivity contribution is -0.136. The number of ether oxygens (including phenoxy) is 3. The molecule has 0 spiro atoms. The van der Waals surface area contributed by atoms with Gasteiger partial charge >= 0.3 is 11.6 Å². The molecule has 0 aliphatic heterocycles. The first-order chi connectivity index (χ1) is 13.9. The summed E-state index contributed by atoms with van der Waals surface area (Å²) >= 11 is 6.11. The van der Waals surface area contributed by atoms with Crippen LogP contribution in [0.15, 0.2) is 45.6 Å². The quantitative estimate of drug-likeness (QED) is 0.342. The molecule has 0 N–H and O–H groups in total. The van der Waals surface area contributed by atoms with Crippen LogP contribution >= 0.6 is 11.6 Å². The summed E-state index contributed by atoms with van der Waals surface area (Å²) in [5, 5.41) is 9.87. The largest absolute Gasteiger partial charge is 0.490 e. The van der Waals surface area contributed by atoms with Crippen LogP contribution in [-0.4, -0.2) is 19.2 Å². The van der Waals surface area contributed by atoms with Gasteiger partial charge in [0.05, 0.1) is 23.3 Å². The number of benzene rings is 2. The summed E-state index contributed by atoms with van der Waals surface area (Å²) in [6, 6.07) is 11.1. The van der Waals surface area contributed by atoms with Gasteiger partial charge in [-0.3, -0.25) is 0 Å². The Kier molecular flexibility index (Phi) is 6.05. The van der Waals surface area contributed by atoms with Crippen molar-refractivity contribution < 1.29 is 23.4 Å². The molecule has 0 aliphatic rings. The first-order valence-corrected chi connectivity index (χ1v) is 9.03. The molecule has 1 aromatic heterocycles. The van der Waals surface area contributed by atoms with Crippen molar-refractivity contribution in [1.29, 1.82) is 5.26 Å². The van der Waals surface area contributed by atoms with Crippen LogP contribution in [0.4, 0.5) is 0 Å².